The monoisotopic (exact) mass is 357 g/mol. The zero-order valence-electron chi connectivity index (χ0n) is 14.2. The number of halogens is 1. The predicted molar refractivity (Wildman–Crippen MR) is 97.0 cm³/mol. The first-order valence-corrected chi connectivity index (χ1v) is 8.11. The molecule has 4 rings (SSSR count). The third-order valence-corrected chi connectivity index (χ3v) is 4.96. The molecule has 7 nitrogen and oxygen atoms in total. The van der Waals surface area contributed by atoms with Crippen molar-refractivity contribution in [3.63, 3.8) is 0 Å². The second kappa shape index (κ2) is 5.10. The molecule has 0 bridgehead atoms. The van der Waals surface area contributed by atoms with Crippen molar-refractivity contribution in [2.24, 2.45) is 14.1 Å². The molecular weight excluding hydrogens is 342 g/mol. The Balaban J connectivity index is 2.18. The van der Waals surface area contributed by atoms with Crippen LogP contribution in [0.1, 0.15) is 11.3 Å². The maximum atomic E-state index is 12.6. The quantitative estimate of drug-likeness (QED) is 0.523. The predicted octanol–water partition coefficient (Wildman–Crippen LogP) is 1.95. The smallest absolute Gasteiger partial charge is 0.283 e. The van der Waals surface area contributed by atoms with Crippen LogP contribution >= 0.6 is 11.6 Å². The number of rotatable bonds is 1. The molecule has 0 aliphatic rings. The van der Waals surface area contributed by atoms with Gasteiger partial charge in [-0.05, 0) is 31.5 Å². The van der Waals surface area contributed by atoms with Gasteiger partial charge in [0.15, 0.2) is 11.2 Å². The number of fused-ring (bicyclic) bond motifs is 3. The summed E-state index contributed by atoms with van der Waals surface area (Å²) >= 11 is 6.27. The number of benzene rings is 1. The van der Waals surface area contributed by atoms with Gasteiger partial charge in [-0.1, -0.05) is 17.7 Å². The third kappa shape index (κ3) is 2.02. The number of nitrogens with zero attached hydrogens (tertiary/aromatic N) is 5. The highest BCUT2D eigenvalue weighted by Crippen LogP contribution is 2.24. The van der Waals surface area contributed by atoms with Gasteiger partial charge in [-0.2, -0.15) is 4.98 Å². The average Bonchev–Trinajstić information content (AvgIpc) is 3.08. The molecule has 0 unspecified atom stereocenters. The SMILES string of the molecule is Cc1ccc(-n2c(C)cn3c4c(=O)n(C)c(=O)n(C)c4nc23)cc1Cl. The molecule has 0 saturated heterocycles. The topological polar surface area (TPSA) is 66.2 Å². The summed E-state index contributed by atoms with van der Waals surface area (Å²) < 4.78 is 6.10. The molecule has 0 atom stereocenters. The second-order valence-electron chi connectivity index (χ2n) is 6.20. The van der Waals surface area contributed by atoms with Crippen LogP contribution in [0.25, 0.3) is 22.6 Å². The molecule has 25 heavy (non-hydrogen) atoms. The molecule has 128 valence electrons. The molecule has 0 radical (unpaired) electrons. The normalized spacial score (nSPS) is 11.7. The van der Waals surface area contributed by atoms with Gasteiger partial charge in [0.05, 0.1) is 5.69 Å². The summed E-state index contributed by atoms with van der Waals surface area (Å²) in [6.07, 6.45) is 1.84. The molecule has 0 N–H and O–H groups in total. The molecule has 0 spiro atoms. The Labute approximate surface area is 147 Å². The Kier molecular flexibility index (Phi) is 3.20. The zero-order valence-corrected chi connectivity index (χ0v) is 15.0. The lowest BCUT2D eigenvalue weighted by Crippen LogP contribution is -2.37. The van der Waals surface area contributed by atoms with E-state index in [0.717, 1.165) is 21.5 Å². The largest absolute Gasteiger partial charge is 0.332 e. The molecule has 0 fully saturated rings. The molecule has 4 aromatic rings. The summed E-state index contributed by atoms with van der Waals surface area (Å²) in [5, 5.41) is 0.656. The van der Waals surface area contributed by atoms with E-state index >= 15 is 0 Å². The third-order valence-electron chi connectivity index (χ3n) is 4.56. The molecule has 8 heteroatoms. The number of hydrogen-bond donors (Lipinski definition) is 0. The summed E-state index contributed by atoms with van der Waals surface area (Å²) in [7, 11) is 3.07. The molecule has 0 aliphatic heterocycles. The minimum Gasteiger partial charge on any atom is -0.283 e. The maximum absolute atomic E-state index is 12.6. The van der Waals surface area contributed by atoms with Gasteiger partial charge in [0.2, 0.25) is 5.78 Å². The Bertz CT molecular complexity index is 1290. The summed E-state index contributed by atoms with van der Waals surface area (Å²) in [6, 6.07) is 5.75. The van der Waals surface area contributed by atoms with Gasteiger partial charge < -0.3 is 0 Å². The Morgan fingerprint density at radius 1 is 1.08 bits per heavy atom. The minimum atomic E-state index is -0.403. The van der Waals surface area contributed by atoms with Crippen LogP contribution in [0.4, 0.5) is 0 Å². The molecular formula is C17H16ClN5O2. The van der Waals surface area contributed by atoms with Crippen LogP contribution in [-0.2, 0) is 14.1 Å². The van der Waals surface area contributed by atoms with Crippen molar-refractivity contribution in [2.75, 3.05) is 0 Å². The number of imidazole rings is 2. The van der Waals surface area contributed by atoms with Crippen LogP contribution in [0, 0.1) is 13.8 Å². The van der Waals surface area contributed by atoms with E-state index in [4.69, 9.17) is 11.6 Å². The van der Waals surface area contributed by atoms with Crippen molar-refractivity contribution < 1.29 is 0 Å². The summed E-state index contributed by atoms with van der Waals surface area (Å²) in [4.78, 5) is 29.3. The van der Waals surface area contributed by atoms with Gasteiger partial charge in [-0.25, -0.2) is 4.79 Å². The number of hydrogen-bond acceptors (Lipinski definition) is 3. The van der Waals surface area contributed by atoms with Crippen molar-refractivity contribution in [2.45, 2.75) is 13.8 Å². The summed E-state index contributed by atoms with van der Waals surface area (Å²) in [5.74, 6) is 0.561. The molecule has 1 aromatic carbocycles. The Hall–Kier alpha value is -2.80. The van der Waals surface area contributed by atoms with E-state index in [9.17, 15) is 9.59 Å². The van der Waals surface area contributed by atoms with E-state index in [1.165, 1.54) is 11.6 Å². The van der Waals surface area contributed by atoms with Crippen molar-refractivity contribution in [1.82, 2.24) is 23.1 Å². The molecule has 0 aliphatic carbocycles. The molecule has 3 heterocycles. The summed E-state index contributed by atoms with van der Waals surface area (Å²) in [5.41, 5.74) is 2.69. The first-order valence-electron chi connectivity index (χ1n) is 7.74. The lowest BCUT2D eigenvalue weighted by Gasteiger charge is -2.07. The lowest BCUT2D eigenvalue weighted by molar-refractivity contribution is 0.708. The van der Waals surface area contributed by atoms with Crippen molar-refractivity contribution in [3.8, 4) is 5.69 Å². The fraction of sp³-hybridized carbons (Fsp3) is 0.235. The lowest BCUT2D eigenvalue weighted by atomic mass is 10.2. The first kappa shape index (κ1) is 15.7. The first-order chi connectivity index (χ1) is 11.8. The van der Waals surface area contributed by atoms with Crippen molar-refractivity contribution >= 4 is 28.5 Å². The van der Waals surface area contributed by atoms with Gasteiger partial charge in [0, 0.05) is 31.0 Å². The summed E-state index contributed by atoms with van der Waals surface area (Å²) in [6.45, 7) is 3.87. The van der Waals surface area contributed by atoms with Gasteiger partial charge in [-0.3, -0.25) is 22.9 Å². The zero-order chi connectivity index (χ0) is 18.0. The molecule has 3 aromatic heterocycles. The van der Waals surface area contributed by atoms with E-state index < -0.39 is 5.69 Å². The van der Waals surface area contributed by atoms with Crippen LogP contribution < -0.4 is 11.2 Å². The standard InChI is InChI=1S/C17H16ClN5O2/c1-9-5-6-11(7-12(9)18)23-10(2)8-22-13-14(19-16(22)23)20(3)17(25)21(4)15(13)24/h5-8H,1-4H3. The highest BCUT2D eigenvalue weighted by atomic mass is 35.5. The highest BCUT2D eigenvalue weighted by Gasteiger charge is 2.19. The Morgan fingerprint density at radius 2 is 1.80 bits per heavy atom. The van der Waals surface area contributed by atoms with E-state index in [2.05, 4.69) is 4.98 Å². The Morgan fingerprint density at radius 3 is 2.48 bits per heavy atom. The molecule has 0 amide bonds. The van der Waals surface area contributed by atoms with E-state index in [1.807, 2.05) is 42.8 Å². The average molecular weight is 358 g/mol. The van der Waals surface area contributed by atoms with Crippen molar-refractivity contribution in [3.05, 3.63) is 61.5 Å². The van der Waals surface area contributed by atoms with Gasteiger partial charge >= 0.3 is 5.69 Å². The number of aromatic nitrogens is 5. The van der Waals surface area contributed by atoms with Gasteiger partial charge in [0.1, 0.15) is 0 Å². The van der Waals surface area contributed by atoms with E-state index in [1.54, 1.807) is 11.4 Å². The minimum absolute atomic E-state index is 0.357. The highest BCUT2D eigenvalue weighted by molar-refractivity contribution is 6.31. The number of aryl methyl sites for hydroxylation is 3. The van der Waals surface area contributed by atoms with E-state index in [0.29, 0.717) is 22.0 Å². The van der Waals surface area contributed by atoms with Crippen LogP contribution in [0.3, 0.4) is 0 Å². The fourth-order valence-corrected chi connectivity index (χ4v) is 3.30. The van der Waals surface area contributed by atoms with Crippen LogP contribution in [0.5, 0.6) is 0 Å². The second-order valence-corrected chi connectivity index (χ2v) is 6.61. The van der Waals surface area contributed by atoms with Gasteiger partial charge in [0.25, 0.3) is 5.56 Å². The van der Waals surface area contributed by atoms with Crippen LogP contribution in [0.15, 0.2) is 34.0 Å². The fourth-order valence-electron chi connectivity index (χ4n) is 3.13. The molecule has 0 saturated carbocycles. The maximum Gasteiger partial charge on any atom is 0.332 e. The van der Waals surface area contributed by atoms with Crippen LogP contribution in [-0.4, -0.2) is 23.1 Å². The van der Waals surface area contributed by atoms with Gasteiger partial charge in [-0.15, -0.1) is 0 Å². The van der Waals surface area contributed by atoms with Crippen LogP contribution in [0.2, 0.25) is 5.02 Å². The van der Waals surface area contributed by atoms with Crippen molar-refractivity contribution in [1.29, 1.82) is 0 Å². The van der Waals surface area contributed by atoms with E-state index in [-0.39, 0.29) is 5.56 Å².